The Morgan fingerprint density at radius 1 is 1.25 bits per heavy atom. The van der Waals surface area contributed by atoms with Gasteiger partial charge in [-0.2, -0.15) is 0 Å². The van der Waals surface area contributed by atoms with Crippen molar-refractivity contribution < 1.29 is 19.4 Å². The van der Waals surface area contributed by atoms with E-state index in [1.807, 2.05) is 23.1 Å². The van der Waals surface area contributed by atoms with Gasteiger partial charge in [-0.25, -0.2) is 0 Å². The van der Waals surface area contributed by atoms with E-state index in [0.717, 1.165) is 18.4 Å². The number of rotatable bonds is 5. The van der Waals surface area contributed by atoms with Crippen LogP contribution in [0.3, 0.4) is 0 Å². The summed E-state index contributed by atoms with van der Waals surface area (Å²) in [6.07, 6.45) is 1.68. The lowest BCUT2D eigenvalue weighted by atomic mass is 9.53. The van der Waals surface area contributed by atoms with Crippen molar-refractivity contribution in [3.8, 4) is 0 Å². The van der Waals surface area contributed by atoms with E-state index in [1.165, 1.54) is 0 Å². The number of ether oxygens (including phenoxy) is 2. The molecule has 1 aromatic rings. The Bertz CT molecular complexity index is 596. The van der Waals surface area contributed by atoms with Crippen LogP contribution < -0.4 is 0 Å². The SMILES string of the molecule is COC1(OC)CC2(CN(C(=O)CC(C)(C)O)C2c2ccccc2)C1. The van der Waals surface area contributed by atoms with E-state index in [4.69, 9.17) is 9.47 Å². The average Bonchev–Trinajstić information content (AvgIpc) is 2.45. The summed E-state index contributed by atoms with van der Waals surface area (Å²) in [5.74, 6) is -0.535. The van der Waals surface area contributed by atoms with Crippen LogP contribution in [0.25, 0.3) is 0 Å². The van der Waals surface area contributed by atoms with Crippen molar-refractivity contribution in [3.63, 3.8) is 0 Å². The second-order valence-electron chi connectivity index (χ2n) is 7.86. The Hall–Kier alpha value is -1.43. The van der Waals surface area contributed by atoms with Gasteiger partial charge in [0.1, 0.15) is 0 Å². The van der Waals surface area contributed by atoms with Gasteiger partial charge in [-0.05, 0) is 19.4 Å². The molecule has 132 valence electrons. The van der Waals surface area contributed by atoms with E-state index in [-0.39, 0.29) is 23.8 Å². The largest absolute Gasteiger partial charge is 0.390 e. The lowest BCUT2D eigenvalue weighted by Crippen LogP contribution is -2.71. The summed E-state index contributed by atoms with van der Waals surface area (Å²) in [5.41, 5.74) is 0.139. The van der Waals surface area contributed by atoms with Crippen molar-refractivity contribution in [1.82, 2.24) is 4.90 Å². The molecule has 2 aliphatic rings. The molecule has 1 spiro atoms. The average molecular weight is 333 g/mol. The third kappa shape index (κ3) is 2.85. The summed E-state index contributed by atoms with van der Waals surface area (Å²) >= 11 is 0. The molecule has 1 heterocycles. The van der Waals surface area contributed by atoms with Crippen LogP contribution in [0, 0.1) is 5.41 Å². The van der Waals surface area contributed by atoms with Crippen LogP contribution in [0.4, 0.5) is 0 Å². The summed E-state index contributed by atoms with van der Waals surface area (Å²) in [5, 5.41) is 9.99. The Morgan fingerprint density at radius 3 is 2.33 bits per heavy atom. The fraction of sp³-hybridized carbons (Fsp3) is 0.632. The van der Waals surface area contributed by atoms with Gasteiger partial charge in [0.15, 0.2) is 5.79 Å². The standard InChI is InChI=1S/C19H27NO4/c1-17(2,22)10-15(21)20-13-18(11-19(12-18,23-3)24-4)16(20)14-8-6-5-7-9-14/h5-9,16,22H,10-13H2,1-4H3. The highest BCUT2D eigenvalue weighted by Gasteiger charge is 2.67. The highest BCUT2D eigenvalue weighted by molar-refractivity contribution is 5.79. The van der Waals surface area contributed by atoms with Crippen LogP contribution in [0.5, 0.6) is 0 Å². The predicted molar refractivity (Wildman–Crippen MR) is 90.2 cm³/mol. The van der Waals surface area contributed by atoms with Crippen molar-refractivity contribution in [1.29, 1.82) is 0 Å². The van der Waals surface area contributed by atoms with Gasteiger partial charge in [-0.15, -0.1) is 0 Å². The number of benzene rings is 1. The summed E-state index contributed by atoms with van der Waals surface area (Å²) in [6.45, 7) is 4.03. The van der Waals surface area contributed by atoms with E-state index in [2.05, 4.69) is 12.1 Å². The molecule has 1 amide bonds. The van der Waals surface area contributed by atoms with E-state index in [9.17, 15) is 9.90 Å². The van der Waals surface area contributed by atoms with Crippen molar-refractivity contribution in [2.45, 2.75) is 50.5 Å². The maximum atomic E-state index is 12.7. The first-order valence-electron chi connectivity index (χ1n) is 8.41. The molecule has 0 aromatic heterocycles. The zero-order chi connectivity index (χ0) is 17.6. The van der Waals surface area contributed by atoms with Gasteiger partial charge < -0.3 is 19.5 Å². The smallest absolute Gasteiger partial charge is 0.225 e. The molecule has 1 aromatic carbocycles. The molecule has 1 unspecified atom stereocenters. The van der Waals surface area contributed by atoms with Crippen LogP contribution in [-0.4, -0.2) is 48.1 Å². The molecule has 0 radical (unpaired) electrons. The molecular weight excluding hydrogens is 306 g/mol. The van der Waals surface area contributed by atoms with E-state index < -0.39 is 11.4 Å². The molecule has 1 saturated carbocycles. The molecule has 1 aliphatic carbocycles. The Morgan fingerprint density at radius 2 is 1.83 bits per heavy atom. The minimum absolute atomic E-state index is 0.00261. The first-order chi connectivity index (χ1) is 11.2. The lowest BCUT2D eigenvalue weighted by Gasteiger charge is -2.67. The number of carbonyl (C=O) groups is 1. The second kappa shape index (κ2) is 5.83. The molecule has 1 atom stereocenters. The monoisotopic (exact) mass is 333 g/mol. The van der Waals surface area contributed by atoms with Gasteiger partial charge in [0, 0.05) is 39.0 Å². The zero-order valence-corrected chi connectivity index (χ0v) is 14.9. The Kier molecular flexibility index (Phi) is 4.22. The number of nitrogens with zero attached hydrogens (tertiary/aromatic N) is 1. The van der Waals surface area contributed by atoms with Crippen molar-refractivity contribution in [2.75, 3.05) is 20.8 Å². The molecule has 1 aliphatic heterocycles. The van der Waals surface area contributed by atoms with Crippen LogP contribution in [0.2, 0.25) is 0 Å². The number of carbonyl (C=O) groups excluding carboxylic acids is 1. The molecular formula is C19H27NO4. The predicted octanol–water partition coefficient (Wildman–Crippen LogP) is 2.50. The lowest BCUT2D eigenvalue weighted by molar-refractivity contribution is -0.332. The normalized spacial score (nSPS) is 24.4. The van der Waals surface area contributed by atoms with Crippen LogP contribution >= 0.6 is 0 Å². The number of hydrogen-bond acceptors (Lipinski definition) is 4. The number of likely N-dealkylation sites (tertiary alicyclic amines) is 1. The summed E-state index contributed by atoms with van der Waals surface area (Å²) in [6, 6.07) is 10.1. The third-order valence-electron chi connectivity index (χ3n) is 5.38. The second-order valence-corrected chi connectivity index (χ2v) is 7.86. The molecule has 24 heavy (non-hydrogen) atoms. The van der Waals surface area contributed by atoms with E-state index in [0.29, 0.717) is 6.54 Å². The van der Waals surface area contributed by atoms with Gasteiger partial charge in [0.05, 0.1) is 18.1 Å². The number of hydrogen-bond donors (Lipinski definition) is 1. The maximum Gasteiger partial charge on any atom is 0.225 e. The molecule has 1 saturated heterocycles. The molecule has 0 bridgehead atoms. The van der Waals surface area contributed by atoms with Crippen LogP contribution in [0.15, 0.2) is 30.3 Å². The fourth-order valence-corrected chi connectivity index (χ4v) is 4.31. The Labute approximate surface area is 143 Å². The quantitative estimate of drug-likeness (QED) is 0.841. The van der Waals surface area contributed by atoms with Crippen molar-refractivity contribution in [3.05, 3.63) is 35.9 Å². The van der Waals surface area contributed by atoms with E-state index in [1.54, 1.807) is 28.1 Å². The maximum absolute atomic E-state index is 12.7. The third-order valence-corrected chi connectivity index (χ3v) is 5.38. The minimum atomic E-state index is -0.997. The van der Waals surface area contributed by atoms with Crippen LogP contribution in [0.1, 0.15) is 44.7 Å². The number of methoxy groups -OCH3 is 2. The number of aliphatic hydroxyl groups is 1. The molecule has 1 N–H and O–H groups in total. The Balaban J connectivity index is 1.82. The van der Waals surface area contributed by atoms with Gasteiger partial charge in [0.25, 0.3) is 0 Å². The zero-order valence-electron chi connectivity index (χ0n) is 14.9. The molecule has 2 fully saturated rings. The van der Waals surface area contributed by atoms with Gasteiger partial charge in [-0.1, -0.05) is 30.3 Å². The topological polar surface area (TPSA) is 59.0 Å². The first-order valence-corrected chi connectivity index (χ1v) is 8.41. The molecule has 5 heteroatoms. The molecule has 3 rings (SSSR count). The van der Waals surface area contributed by atoms with Crippen LogP contribution in [-0.2, 0) is 14.3 Å². The van der Waals surface area contributed by atoms with Gasteiger partial charge >= 0.3 is 0 Å². The highest BCUT2D eigenvalue weighted by Crippen LogP contribution is 2.65. The summed E-state index contributed by atoms with van der Waals surface area (Å²) in [4.78, 5) is 14.5. The van der Waals surface area contributed by atoms with E-state index >= 15 is 0 Å². The van der Waals surface area contributed by atoms with Gasteiger partial charge in [-0.3, -0.25) is 4.79 Å². The fourth-order valence-electron chi connectivity index (χ4n) is 4.31. The first kappa shape index (κ1) is 17.4. The number of amides is 1. The molecule has 5 nitrogen and oxygen atoms in total. The van der Waals surface area contributed by atoms with Crippen molar-refractivity contribution >= 4 is 5.91 Å². The summed E-state index contributed by atoms with van der Waals surface area (Å²) in [7, 11) is 3.34. The minimum Gasteiger partial charge on any atom is -0.390 e. The summed E-state index contributed by atoms with van der Waals surface area (Å²) < 4.78 is 11.1. The van der Waals surface area contributed by atoms with Crippen molar-refractivity contribution in [2.24, 2.45) is 5.41 Å². The highest BCUT2D eigenvalue weighted by atomic mass is 16.7. The van der Waals surface area contributed by atoms with Gasteiger partial charge in [0.2, 0.25) is 5.91 Å².